The second-order valence-corrected chi connectivity index (χ2v) is 33.7. The summed E-state index contributed by atoms with van der Waals surface area (Å²) in [6.45, 7) is 14.2. The Bertz CT molecular complexity index is 3270. The zero-order valence-electron chi connectivity index (χ0n) is 67.5. The Hall–Kier alpha value is -6.95. The van der Waals surface area contributed by atoms with Gasteiger partial charge in [0.15, 0.2) is 0 Å². The molecule has 3 N–H and O–H groups in total. The van der Waals surface area contributed by atoms with Crippen LogP contribution in [0.1, 0.15) is 197 Å². The molecule has 30 heteroatoms. The van der Waals surface area contributed by atoms with Crippen molar-refractivity contribution in [2.45, 2.75) is 275 Å². The molecule has 2 bridgehead atoms. The zero-order chi connectivity index (χ0) is 80.3. The summed E-state index contributed by atoms with van der Waals surface area (Å²) in [6, 6.07) is -11.6. The zero-order valence-corrected chi connectivity index (χ0v) is 67.5. The van der Waals surface area contributed by atoms with Crippen molar-refractivity contribution in [1.82, 2.24) is 60.0 Å². The number of carbonyl (C=O) groups is 12. The fourth-order valence-corrected chi connectivity index (χ4v) is 18.8. The maximum absolute atomic E-state index is 15.8. The van der Waals surface area contributed by atoms with E-state index in [9.17, 15) is 22.8 Å². The highest BCUT2D eigenvalue weighted by Gasteiger charge is 2.60. The van der Waals surface area contributed by atoms with Crippen molar-refractivity contribution in [1.29, 1.82) is 0 Å². The first kappa shape index (κ1) is 87.6. The molecule has 4 heterocycles. The van der Waals surface area contributed by atoms with E-state index in [2.05, 4.69) is 22.9 Å². The van der Waals surface area contributed by atoms with Crippen LogP contribution in [0.25, 0.3) is 0 Å². The number of halogens is 3. The van der Waals surface area contributed by atoms with Crippen molar-refractivity contribution in [2.24, 2.45) is 40.9 Å². The van der Waals surface area contributed by atoms with Crippen LogP contribution in [0.2, 0.25) is 0 Å². The standard InChI is InChI=1S/C79H127F3N12O15/c1-16-86(9)70(100)59-42-64(96)88(11)61(45-108-17-2)67(97)84-65(50(6)109-18-3)74(104)92-38-24-28-57(92)72(102)89(12)56-27-20-19-23-37-93(73(56)103)60(40-51-31-29-48(4)30-32-51)71(101)87(10)44-63(95)83-55(36-34-52-33-35-54(79(80,81)82)62(41-52)107-15)69(99)94-43-49(5)39-58(94)68(98)85-78(46-77(7,8)47-78)76(106)91(14)66(75(105)90(59)13)53-25-21-22-26-53/h19-20,48-62,65-66H,16-18,21-47H2,1-15H3,(H,83,95)(H,84,97)(H,85,98)/b20-19-/t48?,49-,50+,51?,52?,54?,55-,56-,57-,58-,59-,60-,61-,62?,65-,66-/m0/s1. The topological polar surface area (TPSA) is 298 Å². The number of hydrogen-bond donors (Lipinski definition) is 3. The van der Waals surface area contributed by atoms with Crippen molar-refractivity contribution in [2.75, 3.05) is 102 Å². The molecule has 3 unspecified atom stereocenters. The minimum atomic E-state index is -4.52. The summed E-state index contributed by atoms with van der Waals surface area (Å²) in [7, 11) is 9.94. The van der Waals surface area contributed by atoms with E-state index < -0.39 is 179 Å². The molecule has 0 aromatic heterocycles. The minimum Gasteiger partial charge on any atom is -0.381 e. The van der Waals surface area contributed by atoms with Gasteiger partial charge in [0.25, 0.3) is 0 Å². The number of rotatable bonds is 15. The van der Waals surface area contributed by atoms with Gasteiger partial charge in [-0.15, -0.1) is 0 Å². The van der Waals surface area contributed by atoms with E-state index in [1.165, 1.54) is 88.6 Å². The van der Waals surface area contributed by atoms with E-state index in [-0.39, 0.29) is 134 Å². The number of hydrogen-bond acceptors (Lipinski definition) is 15. The van der Waals surface area contributed by atoms with Crippen LogP contribution in [0, 0.1) is 40.9 Å². The van der Waals surface area contributed by atoms with Crippen molar-refractivity contribution >= 4 is 70.9 Å². The lowest BCUT2D eigenvalue weighted by atomic mass is 9.58. The molecule has 14 atom stereocenters. The maximum atomic E-state index is 15.8. The van der Waals surface area contributed by atoms with Crippen LogP contribution < -0.4 is 16.0 Å². The van der Waals surface area contributed by atoms with E-state index in [1.54, 1.807) is 33.8 Å². The lowest BCUT2D eigenvalue weighted by Gasteiger charge is -2.54. The largest absolute Gasteiger partial charge is 0.394 e. The van der Waals surface area contributed by atoms with E-state index >= 15 is 47.9 Å². The third-order valence-corrected chi connectivity index (χ3v) is 25.2. The van der Waals surface area contributed by atoms with Crippen LogP contribution in [-0.2, 0) is 71.7 Å². The number of ether oxygens (including phenoxy) is 3. The van der Waals surface area contributed by atoms with Crippen molar-refractivity contribution in [3.63, 3.8) is 0 Å². The summed E-state index contributed by atoms with van der Waals surface area (Å²) in [5, 5.41) is 8.87. The van der Waals surface area contributed by atoms with Gasteiger partial charge in [0, 0.05) is 88.8 Å². The molecule has 614 valence electrons. The minimum absolute atomic E-state index is 0.00904. The predicted molar refractivity (Wildman–Crippen MR) is 400 cm³/mol. The average molecular weight is 1540 g/mol. The molecule has 27 nitrogen and oxygen atoms in total. The van der Waals surface area contributed by atoms with Crippen molar-refractivity contribution in [3.8, 4) is 0 Å². The number of amides is 12. The lowest BCUT2D eigenvalue weighted by Crippen LogP contribution is -2.71. The molecule has 8 aliphatic rings. The first-order valence-corrected chi connectivity index (χ1v) is 40.3. The van der Waals surface area contributed by atoms with Gasteiger partial charge in [0.05, 0.1) is 37.7 Å². The Morgan fingerprint density at radius 1 is 0.661 bits per heavy atom. The van der Waals surface area contributed by atoms with Crippen LogP contribution >= 0.6 is 0 Å². The molecule has 4 aliphatic heterocycles. The van der Waals surface area contributed by atoms with Crippen LogP contribution in [0.4, 0.5) is 13.2 Å². The molecule has 0 aromatic carbocycles. The molecule has 0 aromatic rings. The van der Waals surface area contributed by atoms with Crippen LogP contribution in [-0.4, -0.2) is 295 Å². The van der Waals surface area contributed by atoms with E-state index in [4.69, 9.17) is 14.2 Å². The highest BCUT2D eigenvalue weighted by Crippen LogP contribution is 2.50. The highest BCUT2D eigenvalue weighted by molar-refractivity contribution is 6.01. The lowest BCUT2D eigenvalue weighted by molar-refractivity contribution is -0.215. The van der Waals surface area contributed by atoms with Gasteiger partial charge in [-0.3, -0.25) is 57.5 Å². The SMILES string of the molecule is CCOC[C@H]1C(=O)N[C@@H]([C@@H](C)OCC)C(=O)N2CCC[C@H]2C(=O)N(C)[C@H]2C/C=C\CCN(C2=O)[C@@H](CC2CCC(C)CC2)C(=O)N(C)CC(=O)N[C@@H](CCC2CCC(C(F)(F)F)C(OC)C2)C(=O)N2C[C@@H](C)C[C@H]2C(=O)NC2(CC(C)(C)C2)C(=O)N(C)[C@@H](C2CCCC2)C(=O)N(C)[C@H](C(=O)N(C)CC)CC(=O)N1C. The summed E-state index contributed by atoms with van der Waals surface area (Å²) < 4.78 is 60.3. The van der Waals surface area contributed by atoms with Gasteiger partial charge in [-0.2, -0.15) is 13.2 Å². The smallest absolute Gasteiger partial charge is 0.381 e. The molecule has 4 saturated carbocycles. The fourth-order valence-electron chi connectivity index (χ4n) is 18.8. The number of methoxy groups -OCH3 is 1. The van der Waals surface area contributed by atoms with Crippen LogP contribution in [0.15, 0.2) is 12.2 Å². The first-order valence-electron chi connectivity index (χ1n) is 40.3. The first-order chi connectivity index (χ1) is 51.4. The Morgan fingerprint density at radius 3 is 1.95 bits per heavy atom. The molecule has 4 aliphatic carbocycles. The van der Waals surface area contributed by atoms with E-state index in [1.807, 2.05) is 26.8 Å². The highest BCUT2D eigenvalue weighted by atomic mass is 19.4. The summed E-state index contributed by atoms with van der Waals surface area (Å²) in [5.74, 6) is -10.3. The fraction of sp³-hybridized carbons (Fsp3) is 0.823. The molecular weight excluding hydrogens is 1410 g/mol. The molecule has 7 fully saturated rings. The van der Waals surface area contributed by atoms with Gasteiger partial charge in [-0.1, -0.05) is 78.4 Å². The van der Waals surface area contributed by atoms with Crippen LogP contribution in [0.3, 0.4) is 0 Å². The molecule has 12 amide bonds. The third-order valence-electron chi connectivity index (χ3n) is 25.2. The molecule has 3 saturated heterocycles. The maximum Gasteiger partial charge on any atom is 0.394 e. The number of nitrogens with zero attached hydrogens (tertiary/aromatic N) is 9. The predicted octanol–water partition coefficient (Wildman–Crippen LogP) is 5.70. The Labute approximate surface area is 643 Å². The second-order valence-electron chi connectivity index (χ2n) is 33.7. The summed E-state index contributed by atoms with van der Waals surface area (Å²) in [5.41, 5.74) is -2.14. The van der Waals surface area contributed by atoms with Crippen LogP contribution in [0.5, 0.6) is 0 Å². The summed E-state index contributed by atoms with van der Waals surface area (Å²) in [6.07, 6.45) is 3.75. The number of likely N-dealkylation sites (N-methyl/N-ethyl adjacent to an activating group) is 6. The van der Waals surface area contributed by atoms with Gasteiger partial charge >= 0.3 is 6.18 Å². The molecule has 109 heavy (non-hydrogen) atoms. The van der Waals surface area contributed by atoms with Crippen molar-refractivity contribution in [3.05, 3.63) is 12.2 Å². The molecular formula is C79H127F3N12O15. The summed E-state index contributed by atoms with van der Waals surface area (Å²) >= 11 is 0. The number of carbonyl (C=O) groups excluding carboxylic acids is 12. The monoisotopic (exact) mass is 1540 g/mol. The van der Waals surface area contributed by atoms with E-state index in [0.29, 0.717) is 31.6 Å². The molecule has 1 spiro atoms. The van der Waals surface area contributed by atoms with Crippen molar-refractivity contribution < 1.29 is 84.9 Å². The Morgan fingerprint density at radius 2 is 1.33 bits per heavy atom. The van der Waals surface area contributed by atoms with Gasteiger partial charge in [-0.25, -0.2) is 0 Å². The number of alkyl halides is 3. The second kappa shape index (κ2) is 38.0. The quantitative estimate of drug-likeness (QED) is 0.166. The van der Waals surface area contributed by atoms with E-state index in [0.717, 1.165) is 43.4 Å². The van der Waals surface area contributed by atoms with Gasteiger partial charge in [0.2, 0.25) is 70.9 Å². The molecule has 8 rings (SSSR count). The Kier molecular flexibility index (Phi) is 30.6. The third kappa shape index (κ3) is 20.9. The van der Waals surface area contributed by atoms with Gasteiger partial charge < -0.3 is 74.3 Å². The summed E-state index contributed by atoms with van der Waals surface area (Å²) in [4.78, 5) is 196. The average Bonchev–Trinajstić information content (AvgIpc) is 1.70. The normalized spacial score (nSPS) is 32.6. The number of fused-ring (bicyclic) bond motifs is 4. The van der Waals surface area contributed by atoms with Gasteiger partial charge in [-0.05, 0) is 159 Å². The molecule has 0 radical (unpaired) electrons. The number of nitrogens with one attached hydrogen (secondary N) is 3. The van der Waals surface area contributed by atoms with Gasteiger partial charge in [0.1, 0.15) is 59.9 Å². The Balaban J connectivity index is 1.22.